The molecule has 7 nitrogen and oxygen atoms in total. The Labute approximate surface area is 147 Å². The number of rotatable bonds is 6. The fraction of sp³-hybridized carbons (Fsp3) is 0.500. The summed E-state index contributed by atoms with van der Waals surface area (Å²) in [5, 5.41) is 17.6. The summed E-state index contributed by atoms with van der Waals surface area (Å²) in [5.41, 5.74) is 2.02. The third-order valence-corrected chi connectivity index (χ3v) is 4.56. The lowest BCUT2D eigenvalue weighted by molar-refractivity contribution is -0.122. The lowest BCUT2D eigenvalue weighted by Crippen LogP contribution is -2.44. The lowest BCUT2D eigenvalue weighted by atomic mass is 10.1. The minimum atomic E-state index is -0.718. The van der Waals surface area contributed by atoms with Crippen molar-refractivity contribution in [2.45, 2.75) is 50.9 Å². The molecule has 1 aliphatic rings. The molecule has 1 aliphatic carbocycles. The molecule has 0 saturated heterocycles. The SMILES string of the molecule is Cc1nn(C)cc1CCC(=O)N[C@@H]1CC[C@@H](Oc2cccnc2)[C@@H]1O. The molecular weight excluding hydrogens is 320 g/mol. The summed E-state index contributed by atoms with van der Waals surface area (Å²) in [7, 11) is 1.87. The van der Waals surface area contributed by atoms with Crippen LogP contribution in [0.3, 0.4) is 0 Å². The van der Waals surface area contributed by atoms with Crippen LogP contribution >= 0.6 is 0 Å². The molecule has 2 aromatic heterocycles. The second kappa shape index (κ2) is 7.65. The summed E-state index contributed by atoms with van der Waals surface area (Å²) in [6.45, 7) is 1.94. The van der Waals surface area contributed by atoms with Gasteiger partial charge in [-0.2, -0.15) is 5.10 Å². The largest absolute Gasteiger partial charge is 0.486 e. The van der Waals surface area contributed by atoms with Crippen molar-refractivity contribution in [1.29, 1.82) is 0 Å². The van der Waals surface area contributed by atoms with Crippen LogP contribution < -0.4 is 10.1 Å². The summed E-state index contributed by atoms with van der Waals surface area (Å²) in [5.74, 6) is 0.569. The third-order valence-electron chi connectivity index (χ3n) is 4.56. The standard InChI is InChI=1S/C18H24N4O3/c1-12-13(11-22(2)21-12)5-8-17(23)20-15-6-7-16(18(15)24)25-14-4-3-9-19-10-14/h3-4,9-11,15-16,18,24H,5-8H2,1-2H3,(H,20,23)/t15-,16-,18-/m1/s1. The van der Waals surface area contributed by atoms with Gasteiger partial charge in [-0.15, -0.1) is 0 Å². The zero-order valence-corrected chi connectivity index (χ0v) is 14.6. The number of aliphatic hydroxyl groups is 1. The number of ether oxygens (including phenoxy) is 1. The minimum Gasteiger partial charge on any atom is -0.486 e. The lowest BCUT2D eigenvalue weighted by Gasteiger charge is -2.21. The highest BCUT2D eigenvalue weighted by molar-refractivity contribution is 5.76. The third kappa shape index (κ3) is 4.36. The van der Waals surface area contributed by atoms with Gasteiger partial charge in [0.05, 0.1) is 17.9 Å². The van der Waals surface area contributed by atoms with Crippen LogP contribution in [0.4, 0.5) is 0 Å². The van der Waals surface area contributed by atoms with Crippen LogP contribution in [-0.2, 0) is 18.3 Å². The number of hydrogen-bond donors (Lipinski definition) is 2. The van der Waals surface area contributed by atoms with E-state index >= 15 is 0 Å². The molecule has 2 aromatic rings. The molecule has 0 aromatic carbocycles. The van der Waals surface area contributed by atoms with Gasteiger partial charge in [-0.3, -0.25) is 14.5 Å². The van der Waals surface area contributed by atoms with E-state index in [1.54, 1.807) is 23.1 Å². The Balaban J connectivity index is 1.48. The van der Waals surface area contributed by atoms with Crippen LogP contribution in [0.1, 0.15) is 30.5 Å². The number of amides is 1. The molecule has 0 radical (unpaired) electrons. The van der Waals surface area contributed by atoms with Crippen molar-refractivity contribution >= 4 is 5.91 Å². The molecule has 1 fully saturated rings. The molecule has 3 rings (SSSR count). The van der Waals surface area contributed by atoms with Crippen LogP contribution in [0.25, 0.3) is 0 Å². The van der Waals surface area contributed by atoms with Crippen molar-refractivity contribution in [1.82, 2.24) is 20.1 Å². The van der Waals surface area contributed by atoms with E-state index in [2.05, 4.69) is 15.4 Å². The average molecular weight is 344 g/mol. The molecule has 25 heavy (non-hydrogen) atoms. The van der Waals surface area contributed by atoms with Crippen LogP contribution in [0.15, 0.2) is 30.7 Å². The Bertz CT molecular complexity index is 716. The molecule has 134 valence electrons. The molecule has 1 saturated carbocycles. The summed E-state index contributed by atoms with van der Waals surface area (Å²) in [6.07, 6.45) is 6.60. The molecule has 0 spiro atoms. The molecule has 2 N–H and O–H groups in total. The zero-order chi connectivity index (χ0) is 17.8. The summed E-state index contributed by atoms with van der Waals surface area (Å²) in [6, 6.07) is 3.32. The van der Waals surface area contributed by atoms with Crippen molar-refractivity contribution in [3.8, 4) is 5.75 Å². The molecule has 7 heteroatoms. The molecule has 1 amide bonds. The first-order chi connectivity index (χ1) is 12.0. The van der Waals surface area contributed by atoms with Gasteiger partial charge in [-0.1, -0.05) is 0 Å². The smallest absolute Gasteiger partial charge is 0.220 e. The highest BCUT2D eigenvalue weighted by atomic mass is 16.5. The monoisotopic (exact) mass is 344 g/mol. The normalized spacial score (nSPS) is 22.8. The second-order valence-corrected chi connectivity index (χ2v) is 6.50. The van der Waals surface area contributed by atoms with Gasteiger partial charge in [0.15, 0.2) is 0 Å². The molecule has 0 bridgehead atoms. The summed E-state index contributed by atoms with van der Waals surface area (Å²) < 4.78 is 7.53. The predicted octanol–water partition coefficient (Wildman–Crippen LogP) is 1.14. The van der Waals surface area contributed by atoms with Crippen molar-refractivity contribution < 1.29 is 14.6 Å². The number of aliphatic hydroxyl groups excluding tert-OH is 1. The van der Waals surface area contributed by atoms with E-state index in [0.717, 1.165) is 11.3 Å². The first-order valence-corrected chi connectivity index (χ1v) is 8.56. The van der Waals surface area contributed by atoms with E-state index in [1.165, 1.54) is 0 Å². The highest BCUT2D eigenvalue weighted by Gasteiger charge is 2.37. The fourth-order valence-electron chi connectivity index (χ4n) is 3.24. The number of aryl methyl sites for hydroxylation is 3. The quantitative estimate of drug-likeness (QED) is 0.820. The van der Waals surface area contributed by atoms with Gasteiger partial charge in [-0.05, 0) is 43.9 Å². The van der Waals surface area contributed by atoms with Crippen molar-refractivity contribution in [3.05, 3.63) is 42.0 Å². The van der Waals surface area contributed by atoms with E-state index in [9.17, 15) is 9.90 Å². The van der Waals surface area contributed by atoms with Gasteiger partial charge in [0.25, 0.3) is 0 Å². The number of nitrogens with one attached hydrogen (secondary N) is 1. The maximum absolute atomic E-state index is 12.2. The first kappa shape index (κ1) is 17.4. The summed E-state index contributed by atoms with van der Waals surface area (Å²) in [4.78, 5) is 16.2. The molecule has 2 heterocycles. The highest BCUT2D eigenvalue weighted by Crippen LogP contribution is 2.25. The Hall–Kier alpha value is -2.41. The Morgan fingerprint density at radius 2 is 2.32 bits per heavy atom. The van der Waals surface area contributed by atoms with Crippen molar-refractivity contribution in [2.75, 3.05) is 0 Å². The Morgan fingerprint density at radius 1 is 1.48 bits per heavy atom. The number of carbonyl (C=O) groups is 1. The second-order valence-electron chi connectivity index (χ2n) is 6.50. The molecule has 0 aliphatic heterocycles. The number of hydrogen-bond acceptors (Lipinski definition) is 5. The van der Waals surface area contributed by atoms with Crippen LogP contribution in [0.5, 0.6) is 5.75 Å². The predicted molar refractivity (Wildman–Crippen MR) is 92.1 cm³/mol. The van der Waals surface area contributed by atoms with E-state index in [1.807, 2.05) is 26.2 Å². The summed E-state index contributed by atoms with van der Waals surface area (Å²) >= 11 is 0. The van der Waals surface area contributed by atoms with E-state index in [4.69, 9.17) is 4.74 Å². The van der Waals surface area contributed by atoms with Crippen molar-refractivity contribution in [2.24, 2.45) is 7.05 Å². The molecule has 0 unspecified atom stereocenters. The number of aromatic nitrogens is 3. The fourth-order valence-corrected chi connectivity index (χ4v) is 3.24. The van der Waals surface area contributed by atoms with E-state index in [0.29, 0.717) is 31.4 Å². The van der Waals surface area contributed by atoms with E-state index < -0.39 is 6.10 Å². The van der Waals surface area contributed by atoms with Gasteiger partial charge in [0, 0.05) is 25.9 Å². The van der Waals surface area contributed by atoms with Gasteiger partial charge >= 0.3 is 0 Å². The van der Waals surface area contributed by atoms with Crippen LogP contribution in [0, 0.1) is 6.92 Å². The van der Waals surface area contributed by atoms with Crippen LogP contribution in [-0.4, -0.2) is 44.0 Å². The van der Waals surface area contributed by atoms with Crippen LogP contribution in [0.2, 0.25) is 0 Å². The van der Waals surface area contributed by atoms with Gasteiger partial charge in [0.2, 0.25) is 5.91 Å². The van der Waals surface area contributed by atoms with Crippen molar-refractivity contribution in [3.63, 3.8) is 0 Å². The average Bonchev–Trinajstić information content (AvgIpc) is 3.09. The topological polar surface area (TPSA) is 89.3 Å². The Morgan fingerprint density at radius 3 is 3.00 bits per heavy atom. The zero-order valence-electron chi connectivity index (χ0n) is 14.6. The number of carbonyl (C=O) groups excluding carboxylic acids is 1. The molecular formula is C18H24N4O3. The number of pyridine rings is 1. The first-order valence-electron chi connectivity index (χ1n) is 8.56. The maximum atomic E-state index is 12.2. The van der Waals surface area contributed by atoms with Gasteiger partial charge in [0.1, 0.15) is 18.0 Å². The minimum absolute atomic E-state index is 0.0608. The Kier molecular flexibility index (Phi) is 5.33. The van der Waals surface area contributed by atoms with Gasteiger partial charge in [-0.25, -0.2) is 0 Å². The van der Waals surface area contributed by atoms with E-state index in [-0.39, 0.29) is 18.1 Å². The van der Waals surface area contributed by atoms with Gasteiger partial charge < -0.3 is 15.2 Å². The number of nitrogens with zero attached hydrogens (tertiary/aromatic N) is 3. The molecule has 3 atom stereocenters. The maximum Gasteiger partial charge on any atom is 0.220 e.